The molecule has 1 fully saturated rings. The van der Waals surface area contributed by atoms with Crippen LogP contribution in [0.3, 0.4) is 0 Å². The summed E-state index contributed by atoms with van der Waals surface area (Å²) in [5, 5.41) is 16.8. The molecular weight excluding hydrogens is 386 g/mol. The third kappa shape index (κ3) is 4.64. The lowest BCUT2D eigenvalue weighted by atomic mass is 10.1. The van der Waals surface area contributed by atoms with Gasteiger partial charge in [0.1, 0.15) is 17.5 Å². The molecule has 0 radical (unpaired) electrons. The number of nitriles is 1. The fourth-order valence-corrected chi connectivity index (χ4v) is 4.34. The maximum Gasteiger partial charge on any atom is 0.223 e. The minimum atomic E-state index is 0.536. The fourth-order valence-electron chi connectivity index (χ4n) is 4.34. The molecule has 0 atom stereocenters. The van der Waals surface area contributed by atoms with E-state index in [9.17, 15) is 5.26 Å². The van der Waals surface area contributed by atoms with E-state index in [4.69, 9.17) is 4.98 Å². The predicted octanol–water partition coefficient (Wildman–Crippen LogP) is 4.22. The quantitative estimate of drug-likeness (QED) is 0.516. The second-order valence-corrected chi connectivity index (χ2v) is 8.13. The van der Waals surface area contributed by atoms with Crippen molar-refractivity contribution in [1.82, 2.24) is 14.9 Å². The Hall–Kier alpha value is -3.11. The monoisotopic (exact) mass is 417 g/mol. The van der Waals surface area contributed by atoms with Crippen molar-refractivity contribution in [3.05, 3.63) is 47.5 Å². The van der Waals surface area contributed by atoms with Gasteiger partial charge in [-0.1, -0.05) is 18.6 Å². The molecule has 0 bridgehead atoms. The number of nitrogens with one attached hydrogen (secondary N) is 2. The van der Waals surface area contributed by atoms with Gasteiger partial charge in [-0.2, -0.15) is 5.26 Å². The molecule has 7 nitrogen and oxygen atoms in total. The summed E-state index contributed by atoms with van der Waals surface area (Å²) in [4.78, 5) is 13.8. The van der Waals surface area contributed by atoms with Crippen molar-refractivity contribution in [2.45, 2.75) is 39.5 Å². The van der Waals surface area contributed by atoms with E-state index in [0.717, 1.165) is 48.8 Å². The molecule has 1 aromatic carbocycles. The molecule has 0 aliphatic carbocycles. The van der Waals surface area contributed by atoms with Crippen molar-refractivity contribution in [3.63, 3.8) is 0 Å². The van der Waals surface area contributed by atoms with Gasteiger partial charge in [-0.3, -0.25) is 0 Å². The van der Waals surface area contributed by atoms with Gasteiger partial charge in [0.2, 0.25) is 5.95 Å². The van der Waals surface area contributed by atoms with E-state index < -0.39 is 0 Å². The summed E-state index contributed by atoms with van der Waals surface area (Å²) < 4.78 is 0. The number of nitrogens with zero attached hydrogens (tertiary/aromatic N) is 5. The topological polar surface area (TPSA) is 80.1 Å². The molecule has 0 unspecified atom stereocenters. The van der Waals surface area contributed by atoms with Gasteiger partial charge in [0.15, 0.2) is 0 Å². The SMILES string of the molecule is CCN1/C(=C(\C#N)c2nc(NCCCN3CCCCC3)ncc2C)Nc2ccccc21. The summed E-state index contributed by atoms with van der Waals surface area (Å²) in [6.45, 7) is 9.15. The number of rotatable bonds is 7. The molecule has 0 saturated carbocycles. The number of allylic oxidation sites excluding steroid dienone is 1. The third-order valence-electron chi connectivity index (χ3n) is 5.97. The van der Waals surface area contributed by atoms with Gasteiger partial charge in [-0.15, -0.1) is 0 Å². The van der Waals surface area contributed by atoms with Crippen LogP contribution in [0.25, 0.3) is 5.57 Å². The number of hydrogen-bond acceptors (Lipinski definition) is 7. The Morgan fingerprint density at radius 2 is 2.03 bits per heavy atom. The van der Waals surface area contributed by atoms with E-state index in [-0.39, 0.29) is 0 Å². The molecule has 2 aliphatic rings. The van der Waals surface area contributed by atoms with Gasteiger partial charge in [0.25, 0.3) is 0 Å². The number of para-hydroxylation sites is 2. The van der Waals surface area contributed by atoms with E-state index in [1.54, 1.807) is 6.20 Å². The Morgan fingerprint density at radius 3 is 2.81 bits per heavy atom. The Kier molecular flexibility index (Phi) is 6.68. The molecule has 4 rings (SSSR count). The Balaban J connectivity index is 1.50. The van der Waals surface area contributed by atoms with Crippen molar-refractivity contribution >= 4 is 22.9 Å². The van der Waals surface area contributed by atoms with E-state index in [1.807, 2.05) is 25.1 Å². The van der Waals surface area contributed by atoms with E-state index in [1.165, 1.54) is 32.4 Å². The molecule has 2 aliphatic heterocycles. The number of benzene rings is 1. The summed E-state index contributed by atoms with van der Waals surface area (Å²) in [6.07, 6.45) is 6.85. The third-order valence-corrected chi connectivity index (χ3v) is 5.97. The van der Waals surface area contributed by atoms with Crippen molar-refractivity contribution in [2.75, 3.05) is 48.3 Å². The number of fused-ring (bicyclic) bond motifs is 1. The van der Waals surface area contributed by atoms with Crippen LogP contribution in [0.15, 0.2) is 36.3 Å². The van der Waals surface area contributed by atoms with Crippen molar-refractivity contribution < 1.29 is 0 Å². The van der Waals surface area contributed by atoms with Crippen LogP contribution >= 0.6 is 0 Å². The number of aryl methyl sites for hydroxylation is 1. The molecule has 1 aromatic heterocycles. The van der Waals surface area contributed by atoms with E-state index >= 15 is 0 Å². The molecule has 2 aromatic rings. The summed E-state index contributed by atoms with van der Waals surface area (Å²) in [6, 6.07) is 10.5. The number of likely N-dealkylation sites (tertiary alicyclic amines) is 1. The van der Waals surface area contributed by atoms with Gasteiger partial charge < -0.3 is 20.4 Å². The lowest BCUT2D eigenvalue weighted by Crippen LogP contribution is -2.31. The lowest BCUT2D eigenvalue weighted by Gasteiger charge is -2.26. The summed E-state index contributed by atoms with van der Waals surface area (Å²) in [5.74, 6) is 1.36. The van der Waals surface area contributed by atoms with Gasteiger partial charge in [-0.25, -0.2) is 9.97 Å². The Bertz CT molecular complexity index is 986. The van der Waals surface area contributed by atoms with Crippen molar-refractivity contribution in [2.24, 2.45) is 0 Å². The average molecular weight is 418 g/mol. The first kappa shape index (κ1) is 21.1. The van der Waals surface area contributed by atoms with Crippen LogP contribution in [0.5, 0.6) is 0 Å². The molecule has 162 valence electrons. The summed E-state index contributed by atoms with van der Waals surface area (Å²) in [5.41, 5.74) is 4.18. The van der Waals surface area contributed by atoms with Crippen LogP contribution in [0.2, 0.25) is 0 Å². The zero-order valence-electron chi connectivity index (χ0n) is 18.5. The molecule has 7 heteroatoms. The van der Waals surface area contributed by atoms with Gasteiger partial charge in [-0.05, 0) is 70.4 Å². The molecule has 31 heavy (non-hydrogen) atoms. The maximum absolute atomic E-state index is 10.0. The predicted molar refractivity (Wildman–Crippen MR) is 126 cm³/mol. The summed E-state index contributed by atoms with van der Waals surface area (Å²) >= 11 is 0. The Labute approximate surface area is 184 Å². The van der Waals surface area contributed by atoms with Crippen LogP contribution in [0.1, 0.15) is 43.9 Å². The number of hydrogen-bond donors (Lipinski definition) is 2. The maximum atomic E-state index is 10.0. The molecule has 0 amide bonds. The van der Waals surface area contributed by atoms with Crippen LogP contribution in [-0.4, -0.2) is 47.6 Å². The van der Waals surface area contributed by atoms with Crippen molar-refractivity contribution in [1.29, 1.82) is 5.26 Å². The van der Waals surface area contributed by atoms with E-state index in [0.29, 0.717) is 17.2 Å². The first-order chi connectivity index (χ1) is 15.2. The minimum absolute atomic E-state index is 0.536. The second-order valence-electron chi connectivity index (χ2n) is 8.13. The zero-order valence-corrected chi connectivity index (χ0v) is 18.5. The highest BCUT2D eigenvalue weighted by Crippen LogP contribution is 2.38. The number of piperidine rings is 1. The number of aromatic nitrogens is 2. The lowest BCUT2D eigenvalue weighted by molar-refractivity contribution is 0.228. The van der Waals surface area contributed by atoms with E-state index in [2.05, 4.69) is 44.5 Å². The normalized spacial score (nSPS) is 17.6. The highest BCUT2D eigenvalue weighted by molar-refractivity contribution is 5.91. The van der Waals surface area contributed by atoms with Gasteiger partial charge >= 0.3 is 0 Å². The van der Waals surface area contributed by atoms with Crippen LogP contribution in [0, 0.1) is 18.3 Å². The van der Waals surface area contributed by atoms with Crippen LogP contribution < -0.4 is 15.5 Å². The summed E-state index contributed by atoms with van der Waals surface area (Å²) in [7, 11) is 0. The van der Waals surface area contributed by atoms with Gasteiger partial charge in [0.05, 0.1) is 17.1 Å². The van der Waals surface area contributed by atoms with Crippen molar-refractivity contribution in [3.8, 4) is 6.07 Å². The highest BCUT2D eigenvalue weighted by Gasteiger charge is 2.27. The Morgan fingerprint density at radius 1 is 1.23 bits per heavy atom. The molecule has 0 spiro atoms. The molecule has 3 heterocycles. The second kappa shape index (κ2) is 9.80. The minimum Gasteiger partial charge on any atom is -0.354 e. The zero-order chi connectivity index (χ0) is 21.6. The highest BCUT2D eigenvalue weighted by atomic mass is 15.3. The first-order valence-electron chi connectivity index (χ1n) is 11.3. The fraction of sp³-hybridized carbons (Fsp3) is 0.458. The van der Waals surface area contributed by atoms with Crippen LogP contribution in [0.4, 0.5) is 17.3 Å². The average Bonchev–Trinajstić information content (AvgIpc) is 3.18. The largest absolute Gasteiger partial charge is 0.354 e. The standard InChI is InChI=1S/C24H31N7/c1-3-31-21-11-6-5-10-20(21)28-23(31)19(16-25)22-18(2)17-27-24(29-22)26-12-9-15-30-13-7-4-8-14-30/h5-6,10-11,17,28H,3-4,7-9,12-15H2,1-2H3,(H,26,27,29)/b23-19+. The smallest absolute Gasteiger partial charge is 0.223 e. The molecule has 1 saturated heterocycles. The molecule has 2 N–H and O–H groups in total. The first-order valence-corrected chi connectivity index (χ1v) is 11.3. The van der Waals surface area contributed by atoms with Crippen LogP contribution in [-0.2, 0) is 0 Å². The number of anilines is 3. The molecular formula is C24H31N7. The van der Waals surface area contributed by atoms with Gasteiger partial charge in [0, 0.05) is 19.3 Å².